The first-order valence-corrected chi connectivity index (χ1v) is 10.4. The molecule has 7 nitrogen and oxygen atoms in total. The number of carbonyl (C=O) groups is 1. The highest BCUT2D eigenvalue weighted by Gasteiger charge is 2.38. The topological polar surface area (TPSA) is 87.9 Å². The van der Waals surface area contributed by atoms with Crippen molar-refractivity contribution in [2.45, 2.75) is 58.0 Å². The van der Waals surface area contributed by atoms with Crippen molar-refractivity contribution in [3.05, 3.63) is 40.5 Å². The number of fused-ring (bicyclic) bond motifs is 1. The number of amides is 1. The van der Waals surface area contributed by atoms with Gasteiger partial charge in [-0.15, -0.1) is 0 Å². The van der Waals surface area contributed by atoms with Crippen LogP contribution in [0.25, 0.3) is 11.1 Å². The zero-order chi connectivity index (χ0) is 22.3. The molecule has 0 spiro atoms. The zero-order valence-corrected chi connectivity index (χ0v) is 17.6. The third-order valence-corrected chi connectivity index (χ3v) is 5.73. The van der Waals surface area contributed by atoms with Crippen LogP contribution in [0.1, 0.15) is 78.6 Å². The lowest BCUT2D eigenvalue weighted by atomic mass is 9.91. The average Bonchev–Trinajstić information content (AvgIpc) is 3.39. The first-order chi connectivity index (χ1) is 14.7. The fourth-order valence-corrected chi connectivity index (χ4v) is 4.00. The average molecular weight is 435 g/mol. The summed E-state index contributed by atoms with van der Waals surface area (Å²) in [5.74, 6) is -0.424. The number of pyridine rings is 1. The predicted octanol–water partition coefficient (Wildman–Crippen LogP) is 4.67. The molecule has 3 aromatic heterocycles. The van der Waals surface area contributed by atoms with Crippen LogP contribution in [0, 0.1) is 0 Å². The quantitative estimate of drug-likeness (QED) is 0.643. The Bertz CT molecular complexity index is 1100. The second kappa shape index (κ2) is 7.97. The van der Waals surface area contributed by atoms with Crippen LogP contribution in [0.5, 0.6) is 0 Å². The molecule has 1 atom stereocenters. The highest BCUT2D eigenvalue weighted by molar-refractivity contribution is 5.92. The van der Waals surface area contributed by atoms with Crippen molar-refractivity contribution < 1.29 is 22.5 Å². The monoisotopic (exact) mass is 435 g/mol. The van der Waals surface area contributed by atoms with E-state index in [1.807, 2.05) is 13.8 Å². The lowest BCUT2D eigenvalue weighted by molar-refractivity contribution is -0.136. The third kappa shape index (κ3) is 4.03. The number of hydrogen-bond donors (Lipinski definition) is 1. The molecule has 1 N–H and O–H groups in total. The number of nitrogens with zero attached hydrogens (tertiary/aromatic N) is 4. The Kier molecular flexibility index (Phi) is 5.49. The van der Waals surface area contributed by atoms with E-state index in [1.54, 1.807) is 17.9 Å². The number of halogens is 3. The zero-order valence-electron chi connectivity index (χ0n) is 17.6. The van der Waals surface area contributed by atoms with E-state index in [-0.39, 0.29) is 41.1 Å². The lowest BCUT2D eigenvalue weighted by Gasteiger charge is -2.31. The lowest BCUT2D eigenvalue weighted by Crippen LogP contribution is -2.39. The minimum Gasteiger partial charge on any atom is -0.337 e. The molecule has 10 heteroatoms. The number of likely N-dealkylation sites (tertiary alicyclic amines) is 1. The van der Waals surface area contributed by atoms with Gasteiger partial charge in [0.2, 0.25) is 0 Å². The normalized spacial score (nSPS) is 17.6. The summed E-state index contributed by atoms with van der Waals surface area (Å²) in [6.07, 6.45) is -2.95. The van der Waals surface area contributed by atoms with Gasteiger partial charge in [0.1, 0.15) is 5.69 Å². The molecule has 1 amide bonds. The van der Waals surface area contributed by atoms with E-state index >= 15 is 0 Å². The van der Waals surface area contributed by atoms with Crippen molar-refractivity contribution in [1.29, 1.82) is 0 Å². The van der Waals surface area contributed by atoms with Crippen LogP contribution >= 0.6 is 0 Å². The van der Waals surface area contributed by atoms with Gasteiger partial charge in [0.05, 0.1) is 16.6 Å². The number of rotatable bonds is 4. The molecule has 1 fully saturated rings. The van der Waals surface area contributed by atoms with E-state index in [0.717, 1.165) is 11.8 Å². The van der Waals surface area contributed by atoms with Crippen LogP contribution in [-0.2, 0) is 12.6 Å². The minimum atomic E-state index is -4.56. The highest BCUT2D eigenvalue weighted by atomic mass is 19.4. The van der Waals surface area contributed by atoms with E-state index in [1.165, 1.54) is 0 Å². The first-order valence-electron chi connectivity index (χ1n) is 10.4. The smallest absolute Gasteiger partial charge is 0.337 e. The van der Waals surface area contributed by atoms with Gasteiger partial charge in [0.15, 0.2) is 0 Å². The summed E-state index contributed by atoms with van der Waals surface area (Å²) in [6.45, 7) is 6.47. The van der Waals surface area contributed by atoms with Gasteiger partial charge >= 0.3 is 6.18 Å². The summed E-state index contributed by atoms with van der Waals surface area (Å²) >= 11 is 0. The van der Waals surface area contributed by atoms with Gasteiger partial charge in [-0.25, -0.2) is 4.98 Å². The van der Waals surface area contributed by atoms with E-state index in [9.17, 15) is 18.0 Å². The largest absolute Gasteiger partial charge is 0.417 e. The summed E-state index contributed by atoms with van der Waals surface area (Å²) in [4.78, 5) is 18.7. The molecular formula is C21H24F3N5O2. The van der Waals surface area contributed by atoms with Gasteiger partial charge in [-0.2, -0.15) is 18.3 Å². The molecular weight excluding hydrogens is 411 g/mol. The Balaban J connectivity index is 1.66. The number of H-pyrrole nitrogens is 1. The molecule has 0 aromatic carbocycles. The summed E-state index contributed by atoms with van der Waals surface area (Å²) < 4.78 is 46.5. The van der Waals surface area contributed by atoms with Gasteiger partial charge < -0.3 is 9.42 Å². The molecule has 31 heavy (non-hydrogen) atoms. The van der Waals surface area contributed by atoms with Crippen molar-refractivity contribution >= 4 is 17.0 Å². The molecule has 166 valence electrons. The molecule has 4 rings (SSSR count). The molecule has 1 saturated heterocycles. The Morgan fingerprint density at radius 3 is 2.77 bits per heavy atom. The van der Waals surface area contributed by atoms with Crippen LogP contribution in [-0.4, -0.2) is 44.2 Å². The summed E-state index contributed by atoms with van der Waals surface area (Å²) in [6, 6.07) is 2.78. The van der Waals surface area contributed by atoms with Gasteiger partial charge in [0, 0.05) is 30.4 Å². The van der Waals surface area contributed by atoms with Gasteiger partial charge in [0.25, 0.3) is 11.6 Å². The summed E-state index contributed by atoms with van der Waals surface area (Å²) in [5.41, 5.74) is 0.760. The third-order valence-electron chi connectivity index (χ3n) is 5.73. The standard InChI is InChI=1S/C21H24F3N5O2/c1-4-13-8-14(21(22,23)24)17-18(28-31-19(17)25-13)12-6-5-7-29(10-12)20(30)16-9-15(11(2)3)26-27-16/h8-9,11-12H,4-7,10H2,1-3H3,(H,26,27)/t12-/m1/s1. The van der Waals surface area contributed by atoms with Crippen LogP contribution < -0.4 is 0 Å². The number of aromatic nitrogens is 4. The second-order valence-corrected chi connectivity index (χ2v) is 8.21. The SMILES string of the molecule is CCc1cc(C(F)(F)F)c2c([C@@H]3CCCN(C(=O)c4cc(C(C)C)[nH]n4)C3)noc2n1. The van der Waals surface area contributed by atoms with Crippen molar-refractivity contribution in [3.8, 4) is 0 Å². The number of hydrogen-bond acceptors (Lipinski definition) is 5. The summed E-state index contributed by atoms with van der Waals surface area (Å²) in [7, 11) is 0. The van der Waals surface area contributed by atoms with E-state index in [0.29, 0.717) is 37.2 Å². The van der Waals surface area contributed by atoms with Gasteiger partial charge in [-0.1, -0.05) is 25.9 Å². The van der Waals surface area contributed by atoms with E-state index < -0.39 is 11.7 Å². The Labute approximate surface area is 177 Å². The minimum absolute atomic E-state index is 0.106. The van der Waals surface area contributed by atoms with Gasteiger partial charge in [-0.3, -0.25) is 9.89 Å². The van der Waals surface area contributed by atoms with Crippen LogP contribution in [0.2, 0.25) is 0 Å². The Hall–Kier alpha value is -2.91. The second-order valence-electron chi connectivity index (χ2n) is 8.21. The fourth-order valence-electron chi connectivity index (χ4n) is 4.00. The van der Waals surface area contributed by atoms with E-state index in [4.69, 9.17) is 4.52 Å². The van der Waals surface area contributed by atoms with Crippen molar-refractivity contribution in [2.24, 2.45) is 0 Å². The highest BCUT2D eigenvalue weighted by Crippen LogP contribution is 2.40. The van der Waals surface area contributed by atoms with Crippen molar-refractivity contribution in [3.63, 3.8) is 0 Å². The predicted molar refractivity (Wildman–Crippen MR) is 107 cm³/mol. The number of aromatic amines is 1. The Morgan fingerprint density at radius 1 is 1.35 bits per heavy atom. The van der Waals surface area contributed by atoms with Crippen LogP contribution in [0.3, 0.4) is 0 Å². The number of nitrogens with one attached hydrogen (secondary N) is 1. The maximum absolute atomic E-state index is 13.8. The van der Waals surface area contributed by atoms with Gasteiger partial charge in [-0.05, 0) is 37.3 Å². The first kappa shape index (κ1) is 21.3. The molecule has 3 aromatic rings. The van der Waals surface area contributed by atoms with Crippen LogP contribution in [0.4, 0.5) is 13.2 Å². The molecule has 0 aliphatic carbocycles. The fraction of sp³-hybridized carbons (Fsp3) is 0.524. The van der Waals surface area contributed by atoms with Crippen molar-refractivity contribution in [1.82, 2.24) is 25.2 Å². The number of aryl methyl sites for hydroxylation is 1. The maximum atomic E-state index is 13.8. The molecule has 4 heterocycles. The maximum Gasteiger partial charge on any atom is 0.417 e. The summed E-state index contributed by atoms with van der Waals surface area (Å²) in [5, 5.41) is 10.8. The molecule has 0 radical (unpaired) electrons. The molecule has 1 aliphatic heterocycles. The van der Waals surface area contributed by atoms with Crippen LogP contribution in [0.15, 0.2) is 16.7 Å². The number of carbonyl (C=O) groups excluding carboxylic acids is 1. The number of piperidine rings is 1. The molecule has 0 bridgehead atoms. The Morgan fingerprint density at radius 2 is 2.13 bits per heavy atom. The van der Waals surface area contributed by atoms with Crippen molar-refractivity contribution in [2.75, 3.05) is 13.1 Å². The molecule has 1 aliphatic rings. The molecule has 0 saturated carbocycles. The van der Waals surface area contributed by atoms with E-state index in [2.05, 4.69) is 20.3 Å². The number of alkyl halides is 3. The molecule has 0 unspecified atom stereocenters.